The maximum Gasteiger partial charge on any atom is 0.277 e. The molecule has 1 aliphatic heterocycles. The number of pyridine rings is 1. The molecule has 2 amide bonds. The van der Waals surface area contributed by atoms with Crippen LogP contribution in [0.25, 0.3) is 0 Å². The van der Waals surface area contributed by atoms with E-state index in [1.165, 1.54) is 33.2 Å². The number of thiophene rings is 1. The number of carbonyl (C=O) groups is 2. The molecule has 1 aromatic carbocycles. The second kappa shape index (κ2) is 10.9. The molecule has 36 heavy (non-hydrogen) atoms. The summed E-state index contributed by atoms with van der Waals surface area (Å²) >= 11 is 1.50. The number of amides is 2. The van der Waals surface area contributed by atoms with Crippen LogP contribution in [0.4, 0.5) is 8.78 Å². The molecule has 0 bridgehead atoms. The van der Waals surface area contributed by atoms with E-state index in [1.807, 2.05) is 16.8 Å². The van der Waals surface area contributed by atoms with Crippen LogP contribution in [0.5, 0.6) is 5.75 Å². The van der Waals surface area contributed by atoms with Crippen molar-refractivity contribution in [2.45, 2.75) is 19.5 Å². The topological polar surface area (TPSA) is 104 Å². The number of aromatic nitrogens is 1. The van der Waals surface area contributed by atoms with Gasteiger partial charge in [0.1, 0.15) is 23.9 Å². The zero-order chi connectivity index (χ0) is 25.8. The van der Waals surface area contributed by atoms with E-state index >= 15 is 0 Å². The van der Waals surface area contributed by atoms with E-state index in [4.69, 9.17) is 4.74 Å². The molecule has 0 fully saturated rings. The normalized spacial score (nSPS) is 13.1. The highest BCUT2D eigenvalue weighted by molar-refractivity contribution is 7.07. The molecule has 2 N–H and O–H groups in total. The summed E-state index contributed by atoms with van der Waals surface area (Å²) in [7, 11) is 1.55. The number of aromatic hydroxyl groups is 1. The van der Waals surface area contributed by atoms with Crippen LogP contribution in [0.1, 0.15) is 38.4 Å². The first-order valence-electron chi connectivity index (χ1n) is 11.1. The zero-order valence-corrected chi connectivity index (χ0v) is 20.2. The first-order chi connectivity index (χ1) is 17.3. The van der Waals surface area contributed by atoms with E-state index in [9.17, 15) is 28.3 Å². The van der Waals surface area contributed by atoms with Crippen LogP contribution >= 0.6 is 11.3 Å². The highest BCUT2D eigenvalue weighted by Crippen LogP contribution is 2.23. The summed E-state index contributed by atoms with van der Waals surface area (Å²) in [6, 6.07) is 4.83. The van der Waals surface area contributed by atoms with Crippen molar-refractivity contribution in [1.29, 1.82) is 0 Å². The quantitative estimate of drug-likeness (QED) is 0.422. The maximum atomic E-state index is 13.9. The van der Waals surface area contributed by atoms with Crippen LogP contribution in [0, 0.1) is 11.6 Å². The Morgan fingerprint density at radius 3 is 2.75 bits per heavy atom. The van der Waals surface area contributed by atoms with Crippen molar-refractivity contribution >= 4 is 23.2 Å². The lowest BCUT2D eigenvalue weighted by atomic mass is 10.1. The number of halogens is 2. The number of hydrogen-bond donors (Lipinski definition) is 2. The van der Waals surface area contributed by atoms with Crippen molar-refractivity contribution in [2.75, 3.05) is 31.9 Å². The third kappa shape index (κ3) is 5.24. The van der Waals surface area contributed by atoms with E-state index in [-0.39, 0.29) is 24.5 Å². The second-order valence-corrected chi connectivity index (χ2v) is 8.96. The molecule has 0 spiro atoms. The largest absolute Gasteiger partial charge is 0.502 e. The smallest absolute Gasteiger partial charge is 0.277 e. The second-order valence-electron chi connectivity index (χ2n) is 8.18. The summed E-state index contributed by atoms with van der Waals surface area (Å²) in [5.74, 6) is -3.89. The van der Waals surface area contributed by atoms with E-state index in [0.717, 1.165) is 11.6 Å². The SMILES string of the molecule is COCCCN1CN(Cc2ccsc2)n2cc(C(=O)NCc3ccc(F)cc3F)c(=O)c(O)c2C1=O. The number of nitrogens with one attached hydrogen (secondary N) is 1. The van der Waals surface area contributed by atoms with Gasteiger partial charge in [0.05, 0.1) is 6.54 Å². The van der Waals surface area contributed by atoms with E-state index in [1.54, 1.807) is 12.1 Å². The van der Waals surface area contributed by atoms with Crippen LogP contribution in [0.3, 0.4) is 0 Å². The van der Waals surface area contributed by atoms with Gasteiger partial charge in [-0.2, -0.15) is 11.3 Å². The molecule has 1 aliphatic rings. The first-order valence-corrected chi connectivity index (χ1v) is 12.0. The van der Waals surface area contributed by atoms with E-state index in [2.05, 4.69) is 5.32 Å². The van der Waals surface area contributed by atoms with Gasteiger partial charge in [0.25, 0.3) is 11.8 Å². The number of carbonyl (C=O) groups excluding carboxylic acids is 2. The minimum Gasteiger partial charge on any atom is -0.502 e. The third-order valence-corrected chi connectivity index (χ3v) is 6.45. The lowest BCUT2D eigenvalue weighted by Crippen LogP contribution is -2.54. The fourth-order valence-corrected chi connectivity index (χ4v) is 4.54. The zero-order valence-electron chi connectivity index (χ0n) is 19.4. The number of fused-ring (bicyclic) bond motifs is 1. The van der Waals surface area contributed by atoms with Crippen LogP contribution in [0.15, 0.2) is 46.0 Å². The number of benzene rings is 1. The van der Waals surface area contributed by atoms with Crippen molar-refractivity contribution in [2.24, 2.45) is 0 Å². The Kier molecular flexibility index (Phi) is 7.65. The number of hydrogen-bond acceptors (Lipinski definition) is 7. The summed E-state index contributed by atoms with van der Waals surface area (Å²) in [5.41, 5.74) is -0.739. The average Bonchev–Trinajstić information content (AvgIpc) is 3.36. The molecule has 3 aromatic rings. The summed E-state index contributed by atoms with van der Waals surface area (Å²) in [6.07, 6.45) is 1.75. The van der Waals surface area contributed by atoms with Gasteiger partial charge in [-0.1, -0.05) is 6.07 Å². The molecule has 12 heteroatoms. The molecule has 9 nitrogen and oxygen atoms in total. The van der Waals surface area contributed by atoms with Crippen LogP contribution in [-0.2, 0) is 17.8 Å². The molecule has 0 radical (unpaired) electrons. The Hall–Kier alpha value is -3.77. The molecule has 0 saturated heterocycles. The molecule has 0 aliphatic carbocycles. The standard InChI is InChI=1S/C24H24F2N4O5S/c1-35-7-2-6-28-14-29(11-15-5-8-36-13-15)30-12-18(21(31)22(32)20(30)24(28)34)23(33)27-10-16-3-4-17(25)9-19(16)26/h3-5,8-9,12-13,32H,2,6-7,10-11,14H2,1H3,(H,27,33). The van der Waals surface area contributed by atoms with Crippen molar-refractivity contribution < 1.29 is 28.2 Å². The van der Waals surface area contributed by atoms with Gasteiger partial charge in [-0.05, 0) is 34.9 Å². The van der Waals surface area contributed by atoms with Gasteiger partial charge in [-0.25, -0.2) is 8.78 Å². The first kappa shape index (κ1) is 25.3. The molecule has 0 atom stereocenters. The molecule has 2 aromatic heterocycles. The molecule has 190 valence electrons. The van der Waals surface area contributed by atoms with E-state index in [0.29, 0.717) is 32.2 Å². The minimum atomic E-state index is -1.03. The summed E-state index contributed by atoms with van der Waals surface area (Å²) in [6.45, 7) is 0.953. The summed E-state index contributed by atoms with van der Waals surface area (Å²) < 4.78 is 33.5. The van der Waals surface area contributed by atoms with E-state index < -0.39 is 40.2 Å². The number of ether oxygens (including phenoxy) is 1. The van der Waals surface area contributed by atoms with Crippen LogP contribution < -0.4 is 15.8 Å². The fourth-order valence-electron chi connectivity index (χ4n) is 3.88. The Morgan fingerprint density at radius 1 is 1.25 bits per heavy atom. The number of rotatable bonds is 9. The van der Waals surface area contributed by atoms with Crippen LogP contribution in [0.2, 0.25) is 0 Å². The molecular weight excluding hydrogens is 494 g/mol. The van der Waals surface area contributed by atoms with Gasteiger partial charge >= 0.3 is 0 Å². The maximum absolute atomic E-state index is 13.9. The number of nitrogens with zero attached hydrogens (tertiary/aromatic N) is 3. The average molecular weight is 519 g/mol. The molecule has 3 heterocycles. The Morgan fingerprint density at radius 2 is 2.06 bits per heavy atom. The monoisotopic (exact) mass is 518 g/mol. The predicted octanol–water partition coefficient (Wildman–Crippen LogP) is 2.41. The molecule has 0 unspecified atom stereocenters. The molecule has 4 rings (SSSR count). The fraction of sp³-hybridized carbons (Fsp3) is 0.292. The Bertz CT molecular complexity index is 1330. The summed E-state index contributed by atoms with van der Waals surface area (Å²) in [5, 5.41) is 18.7. The number of methoxy groups -OCH3 is 1. The Balaban J connectivity index is 1.66. The van der Waals surface area contributed by atoms with Gasteiger partial charge in [-0.15, -0.1) is 0 Å². The summed E-state index contributed by atoms with van der Waals surface area (Å²) in [4.78, 5) is 40.4. The van der Waals surface area contributed by atoms with Crippen molar-refractivity contribution in [3.05, 3.63) is 85.5 Å². The van der Waals surface area contributed by atoms with Crippen molar-refractivity contribution in [3.63, 3.8) is 0 Å². The predicted molar refractivity (Wildman–Crippen MR) is 129 cm³/mol. The van der Waals surface area contributed by atoms with Gasteiger partial charge in [0.2, 0.25) is 5.43 Å². The van der Waals surface area contributed by atoms with Gasteiger partial charge in [0, 0.05) is 44.6 Å². The van der Waals surface area contributed by atoms with Gasteiger partial charge in [0.15, 0.2) is 11.4 Å². The highest BCUT2D eigenvalue weighted by Gasteiger charge is 2.34. The van der Waals surface area contributed by atoms with Gasteiger partial charge < -0.3 is 20.1 Å². The lowest BCUT2D eigenvalue weighted by molar-refractivity contribution is 0.0663. The van der Waals surface area contributed by atoms with Crippen molar-refractivity contribution in [1.82, 2.24) is 14.9 Å². The molecule has 0 saturated carbocycles. The lowest BCUT2D eigenvalue weighted by Gasteiger charge is -2.39. The Labute approximate surface area is 209 Å². The third-order valence-electron chi connectivity index (χ3n) is 5.71. The van der Waals surface area contributed by atoms with Crippen LogP contribution in [-0.4, -0.2) is 53.4 Å². The minimum absolute atomic E-state index is 0.0213. The molecular formula is C24H24F2N4O5S. The highest BCUT2D eigenvalue weighted by atomic mass is 32.1. The van der Waals surface area contributed by atoms with Crippen molar-refractivity contribution in [3.8, 4) is 5.75 Å². The van der Waals surface area contributed by atoms with Gasteiger partial charge in [-0.3, -0.25) is 24.1 Å².